The molecular formula is C22H26N2O4. The molecule has 0 aliphatic heterocycles. The van der Waals surface area contributed by atoms with E-state index >= 15 is 0 Å². The third-order valence-electron chi connectivity index (χ3n) is 6.42. The zero-order chi connectivity index (χ0) is 19.7. The normalized spacial score (nSPS) is 30.9. The lowest BCUT2D eigenvalue weighted by Gasteiger charge is -2.56. The number of nitrogens with one attached hydrogen (secondary N) is 1. The summed E-state index contributed by atoms with van der Waals surface area (Å²) in [6, 6.07) is 8.51. The third kappa shape index (κ3) is 3.99. The Morgan fingerprint density at radius 1 is 1.14 bits per heavy atom. The lowest BCUT2D eigenvalue weighted by Crippen LogP contribution is -2.60. The molecule has 148 valence electrons. The number of benzene rings is 1. The van der Waals surface area contributed by atoms with E-state index in [1.165, 1.54) is 19.3 Å². The second kappa shape index (κ2) is 7.46. The van der Waals surface area contributed by atoms with Crippen LogP contribution in [0.5, 0.6) is 5.75 Å². The Hall–Kier alpha value is -2.55. The molecule has 1 amide bonds. The molecule has 5 rings (SSSR count). The van der Waals surface area contributed by atoms with E-state index in [1.54, 1.807) is 31.2 Å². The molecule has 4 fully saturated rings. The SMILES string of the molecule is C[C@@H](Oc1ccc(C#N)cc1)C(=O)OCC(=O)NC12CC3CC(CC(C3)C1)C2. The summed E-state index contributed by atoms with van der Waals surface area (Å²) in [6.07, 6.45) is 6.31. The van der Waals surface area contributed by atoms with Gasteiger partial charge < -0.3 is 14.8 Å². The van der Waals surface area contributed by atoms with Gasteiger partial charge in [-0.1, -0.05) is 0 Å². The smallest absolute Gasteiger partial charge is 0.347 e. The first-order valence-electron chi connectivity index (χ1n) is 10.1. The number of carbonyl (C=O) groups is 2. The van der Waals surface area contributed by atoms with E-state index in [1.807, 2.05) is 6.07 Å². The summed E-state index contributed by atoms with van der Waals surface area (Å²) in [5, 5.41) is 12.0. The molecule has 28 heavy (non-hydrogen) atoms. The van der Waals surface area contributed by atoms with Gasteiger partial charge in [0.2, 0.25) is 0 Å². The lowest BCUT2D eigenvalue weighted by atomic mass is 9.53. The molecule has 1 N–H and O–H groups in total. The number of rotatable bonds is 6. The van der Waals surface area contributed by atoms with Crippen LogP contribution < -0.4 is 10.1 Å². The topological polar surface area (TPSA) is 88.4 Å². The summed E-state index contributed by atoms with van der Waals surface area (Å²) in [4.78, 5) is 24.6. The van der Waals surface area contributed by atoms with Crippen molar-refractivity contribution in [3.8, 4) is 11.8 Å². The highest BCUT2D eigenvalue weighted by atomic mass is 16.6. The van der Waals surface area contributed by atoms with Crippen LogP contribution >= 0.6 is 0 Å². The molecule has 0 spiro atoms. The van der Waals surface area contributed by atoms with Gasteiger partial charge in [0.1, 0.15) is 5.75 Å². The van der Waals surface area contributed by atoms with Gasteiger partial charge in [-0.25, -0.2) is 4.79 Å². The predicted molar refractivity (Wildman–Crippen MR) is 101 cm³/mol. The summed E-state index contributed by atoms with van der Waals surface area (Å²) >= 11 is 0. The van der Waals surface area contributed by atoms with Crippen molar-refractivity contribution in [1.82, 2.24) is 5.32 Å². The van der Waals surface area contributed by atoms with Crippen LogP contribution in [-0.2, 0) is 14.3 Å². The Balaban J connectivity index is 1.25. The van der Waals surface area contributed by atoms with Gasteiger partial charge in [-0.2, -0.15) is 5.26 Å². The summed E-state index contributed by atoms with van der Waals surface area (Å²) in [7, 11) is 0. The largest absolute Gasteiger partial charge is 0.479 e. The van der Waals surface area contributed by atoms with Crippen molar-refractivity contribution in [1.29, 1.82) is 5.26 Å². The van der Waals surface area contributed by atoms with E-state index in [0.29, 0.717) is 11.3 Å². The highest BCUT2D eigenvalue weighted by Gasteiger charge is 2.51. The van der Waals surface area contributed by atoms with Crippen molar-refractivity contribution >= 4 is 11.9 Å². The molecule has 0 heterocycles. The Morgan fingerprint density at radius 3 is 2.25 bits per heavy atom. The zero-order valence-electron chi connectivity index (χ0n) is 16.1. The minimum atomic E-state index is -0.833. The van der Waals surface area contributed by atoms with Crippen molar-refractivity contribution in [2.45, 2.75) is 57.1 Å². The van der Waals surface area contributed by atoms with Crippen LogP contribution in [0.4, 0.5) is 0 Å². The maximum absolute atomic E-state index is 12.4. The molecule has 4 aliphatic carbocycles. The molecule has 6 heteroatoms. The average Bonchev–Trinajstić information content (AvgIpc) is 2.65. The Bertz CT molecular complexity index is 760. The first kappa shape index (κ1) is 18.8. The molecule has 4 aliphatic rings. The average molecular weight is 382 g/mol. The molecule has 1 aromatic rings. The van der Waals surface area contributed by atoms with Crippen LogP contribution in [0.1, 0.15) is 51.0 Å². The molecule has 0 aromatic heterocycles. The van der Waals surface area contributed by atoms with Crippen LogP contribution in [0.25, 0.3) is 0 Å². The number of hydrogen-bond acceptors (Lipinski definition) is 5. The highest BCUT2D eigenvalue weighted by molar-refractivity contribution is 5.82. The van der Waals surface area contributed by atoms with E-state index < -0.39 is 12.1 Å². The fourth-order valence-electron chi connectivity index (χ4n) is 5.71. The quantitative estimate of drug-likeness (QED) is 0.764. The van der Waals surface area contributed by atoms with Crippen LogP contribution in [0, 0.1) is 29.1 Å². The fraction of sp³-hybridized carbons (Fsp3) is 0.591. The van der Waals surface area contributed by atoms with Crippen molar-refractivity contribution in [2.75, 3.05) is 6.61 Å². The van der Waals surface area contributed by atoms with Gasteiger partial charge in [0.05, 0.1) is 11.6 Å². The highest BCUT2D eigenvalue weighted by Crippen LogP contribution is 2.55. The maximum Gasteiger partial charge on any atom is 0.347 e. The number of nitrogens with zero attached hydrogens (tertiary/aromatic N) is 1. The van der Waals surface area contributed by atoms with E-state index in [9.17, 15) is 9.59 Å². The van der Waals surface area contributed by atoms with Crippen molar-refractivity contribution in [3.63, 3.8) is 0 Å². The van der Waals surface area contributed by atoms with Crippen LogP contribution in [0.2, 0.25) is 0 Å². The molecule has 6 nitrogen and oxygen atoms in total. The molecular weight excluding hydrogens is 356 g/mol. The number of carbonyl (C=O) groups excluding carboxylic acids is 2. The molecule has 0 unspecified atom stereocenters. The molecule has 0 saturated heterocycles. The Labute approximate surface area is 165 Å². The van der Waals surface area contributed by atoms with Crippen molar-refractivity contribution < 1.29 is 19.1 Å². The number of ether oxygens (including phenoxy) is 2. The third-order valence-corrected chi connectivity index (χ3v) is 6.42. The van der Waals surface area contributed by atoms with Crippen LogP contribution in [0.15, 0.2) is 24.3 Å². The van der Waals surface area contributed by atoms with Crippen LogP contribution in [0.3, 0.4) is 0 Å². The lowest BCUT2D eigenvalue weighted by molar-refractivity contribution is -0.155. The molecule has 0 radical (unpaired) electrons. The second-order valence-corrected chi connectivity index (χ2v) is 8.75. The number of nitriles is 1. The van der Waals surface area contributed by atoms with E-state index in [4.69, 9.17) is 14.7 Å². The molecule has 1 atom stereocenters. The van der Waals surface area contributed by atoms with Gasteiger partial charge >= 0.3 is 5.97 Å². The number of amides is 1. The first-order valence-corrected chi connectivity index (χ1v) is 10.1. The summed E-state index contributed by atoms with van der Waals surface area (Å²) in [6.45, 7) is 1.30. The van der Waals surface area contributed by atoms with Gasteiger partial charge in [-0.15, -0.1) is 0 Å². The molecule has 4 bridgehead atoms. The van der Waals surface area contributed by atoms with Gasteiger partial charge in [0.15, 0.2) is 12.7 Å². The zero-order valence-corrected chi connectivity index (χ0v) is 16.1. The van der Waals surface area contributed by atoms with E-state index in [0.717, 1.165) is 37.0 Å². The fourth-order valence-corrected chi connectivity index (χ4v) is 5.71. The van der Waals surface area contributed by atoms with Crippen molar-refractivity contribution in [2.24, 2.45) is 17.8 Å². The molecule has 1 aromatic carbocycles. The Kier molecular flexibility index (Phi) is 5.01. The first-order chi connectivity index (χ1) is 13.4. The minimum absolute atomic E-state index is 0.0805. The second-order valence-electron chi connectivity index (χ2n) is 8.75. The summed E-state index contributed by atoms with van der Waals surface area (Å²) in [5.41, 5.74) is 0.437. The van der Waals surface area contributed by atoms with Gasteiger partial charge in [-0.3, -0.25) is 4.79 Å². The molecule has 4 saturated carbocycles. The van der Waals surface area contributed by atoms with Crippen LogP contribution in [-0.4, -0.2) is 30.1 Å². The van der Waals surface area contributed by atoms with Crippen molar-refractivity contribution in [3.05, 3.63) is 29.8 Å². The van der Waals surface area contributed by atoms with Gasteiger partial charge in [0.25, 0.3) is 5.91 Å². The standard InChI is InChI=1S/C22H26N2O4/c1-14(28-19-4-2-15(12-23)3-5-19)21(26)27-13-20(25)24-22-9-16-6-17(10-22)8-18(7-16)11-22/h2-5,14,16-18H,6-11,13H2,1H3,(H,24,25)/t14-,16?,17?,18?,22?/m1/s1. The maximum atomic E-state index is 12.4. The number of esters is 1. The minimum Gasteiger partial charge on any atom is -0.479 e. The number of hydrogen-bond donors (Lipinski definition) is 1. The monoisotopic (exact) mass is 382 g/mol. The summed E-state index contributed by atoms with van der Waals surface area (Å²) < 4.78 is 10.7. The summed E-state index contributed by atoms with van der Waals surface area (Å²) in [5.74, 6) is 1.91. The Morgan fingerprint density at radius 2 is 1.71 bits per heavy atom. The van der Waals surface area contributed by atoms with E-state index in [2.05, 4.69) is 5.32 Å². The van der Waals surface area contributed by atoms with Gasteiger partial charge in [0, 0.05) is 5.54 Å². The van der Waals surface area contributed by atoms with Gasteiger partial charge in [-0.05, 0) is 87.5 Å². The van der Waals surface area contributed by atoms with E-state index in [-0.39, 0.29) is 18.1 Å². The predicted octanol–water partition coefficient (Wildman–Crippen LogP) is 2.95.